The molecule has 0 heterocycles. The number of carbonyl (C=O) groups excluding carboxylic acids is 1. The highest BCUT2D eigenvalue weighted by molar-refractivity contribution is 5.45. The van der Waals surface area contributed by atoms with Gasteiger partial charge in [-0.05, 0) is 50.8 Å². The van der Waals surface area contributed by atoms with Crippen molar-refractivity contribution in [2.75, 3.05) is 14.1 Å². The van der Waals surface area contributed by atoms with Gasteiger partial charge in [0.2, 0.25) is 6.41 Å². The summed E-state index contributed by atoms with van der Waals surface area (Å²) < 4.78 is 0. The summed E-state index contributed by atoms with van der Waals surface area (Å²) in [6.45, 7) is 10.7. The summed E-state index contributed by atoms with van der Waals surface area (Å²) in [6.07, 6.45) is 1.89. The Bertz CT molecular complexity index is 550. The maximum atomic E-state index is 9.43. The Morgan fingerprint density at radius 3 is 1.48 bits per heavy atom. The van der Waals surface area contributed by atoms with Crippen molar-refractivity contribution < 1.29 is 4.79 Å². The number of hydrogen-bond donors (Lipinski definition) is 0. The largest absolute Gasteiger partial charge is 0.351 e. The van der Waals surface area contributed by atoms with Gasteiger partial charge >= 0.3 is 0 Å². The van der Waals surface area contributed by atoms with Gasteiger partial charge in [-0.1, -0.05) is 75.4 Å². The molecule has 0 aliphatic rings. The van der Waals surface area contributed by atoms with Crippen LogP contribution in [0.3, 0.4) is 0 Å². The average molecular weight is 346 g/mol. The van der Waals surface area contributed by atoms with Crippen LogP contribution in [0.15, 0.2) is 42.5 Å². The van der Waals surface area contributed by atoms with Crippen molar-refractivity contribution in [1.82, 2.24) is 4.90 Å². The Labute approximate surface area is 156 Å². The zero-order valence-electron chi connectivity index (χ0n) is 15.7. The Morgan fingerprint density at radius 1 is 0.800 bits per heavy atom. The first kappa shape index (κ1) is 27.7. The normalized spacial score (nSPS) is 8.28. The molecular weight excluding hydrogens is 306 g/mol. The van der Waals surface area contributed by atoms with Crippen LogP contribution in [0.2, 0.25) is 0 Å². The summed E-state index contributed by atoms with van der Waals surface area (Å²) in [5, 5.41) is 0. The van der Waals surface area contributed by atoms with Gasteiger partial charge in [0.15, 0.2) is 0 Å². The van der Waals surface area contributed by atoms with E-state index in [0.717, 1.165) is 12.8 Å². The Morgan fingerprint density at radius 2 is 1.20 bits per heavy atom. The third-order valence-electron chi connectivity index (χ3n) is 3.41. The van der Waals surface area contributed by atoms with Crippen LogP contribution in [0, 0.1) is 27.7 Å². The molecule has 0 unspecified atom stereocenters. The molecule has 0 bridgehead atoms. The zero-order valence-corrected chi connectivity index (χ0v) is 15.7. The lowest BCUT2D eigenvalue weighted by atomic mass is 10.1. The summed E-state index contributed by atoms with van der Waals surface area (Å²) in [4.78, 5) is 10.9. The molecule has 0 saturated heterocycles. The van der Waals surface area contributed by atoms with E-state index in [2.05, 4.69) is 77.1 Å². The molecule has 2 heteroatoms. The minimum Gasteiger partial charge on any atom is -0.351 e. The van der Waals surface area contributed by atoms with E-state index in [1.54, 1.807) is 14.1 Å². The smallest absolute Gasteiger partial charge is 0.209 e. The van der Waals surface area contributed by atoms with Crippen LogP contribution >= 0.6 is 0 Å². The van der Waals surface area contributed by atoms with Crippen molar-refractivity contribution >= 4 is 6.41 Å². The third kappa shape index (κ3) is 14.0. The molecule has 0 radical (unpaired) electrons. The first-order chi connectivity index (χ1) is 10.8. The maximum Gasteiger partial charge on any atom is 0.209 e. The molecule has 1 amide bonds. The van der Waals surface area contributed by atoms with Crippen LogP contribution in [0.25, 0.3) is 0 Å². The van der Waals surface area contributed by atoms with E-state index in [0.29, 0.717) is 0 Å². The van der Waals surface area contributed by atoms with E-state index in [1.165, 1.54) is 32.7 Å². The molecule has 0 aromatic heterocycles. The molecule has 0 saturated carbocycles. The molecule has 2 aromatic carbocycles. The van der Waals surface area contributed by atoms with Crippen molar-refractivity contribution in [3.05, 3.63) is 70.3 Å². The van der Waals surface area contributed by atoms with Gasteiger partial charge in [0.05, 0.1) is 0 Å². The fraction of sp³-hybridized carbons (Fsp3) is 0.435. The van der Waals surface area contributed by atoms with Crippen molar-refractivity contribution in [2.24, 2.45) is 0 Å². The molecule has 0 fully saturated rings. The van der Waals surface area contributed by atoms with Crippen LogP contribution in [0.5, 0.6) is 0 Å². The highest BCUT2D eigenvalue weighted by Gasteiger charge is 1.92. The molecule has 25 heavy (non-hydrogen) atoms. The van der Waals surface area contributed by atoms with Gasteiger partial charge in [0, 0.05) is 14.1 Å². The van der Waals surface area contributed by atoms with E-state index in [4.69, 9.17) is 0 Å². The van der Waals surface area contributed by atoms with Gasteiger partial charge in [-0.25, -0.2) is 0 Å². The second-order valence-corrected chi connectivity index (χ2v) is 6.00. The molecule has 2 nitrogen and oxygen atoms in total. The number of benzene rings is 2. The SMILES string of the molecule is C.C.CCc1ccc(C)c(C)c1.CN(C)C=O.Cc1ccc(C)cc1. The standard InChI is InChI=1S/C10H14.C8H10.C3H7NO.2CH4/c1-4-10-6-5-8(2)9(3)7-10;1-7-3-5-8(2)6-4-7;1-4(2)3-5;;/h5-7H,4H2,1-3H3;3-6H,1-2H3;3H,1-2H3;2*1H4. The summed E-state index contributed by atoms with van der Waals surface area (Å²) in [7, 11) is 3.38. The van der Waals surface area contributed by atoms with E-state index in [9.17, 15) is 4.79 Å². The van der Waals surface area contributed by atoms with Crippen molar-refractivity contribution in [2.45, 2.75) is 55.9 Å². The molecule has 142 valence electrons. The van der Waals surface area contributed by atoms with Crippen LogP contribution < -0.4 is 0 Å². The van der Waals surface area contributed by atoms with Crippen LogP contribution in [-0.4, -0.2) is 25.4 Å². The van der Waals surface area contributed by atoms with Crippen molar-refractivity contribution in [3.8, 4) is 0 Å². The van der Waals surface area contributed by atoms with Gasteiger partial charge < -0.3 is 4.90 Å². The minimum absolute atomic E-state index is 0. The molecule has 2 aromatic rings. The van der Waals surface area contributed by atoms with Crippen LogP contribution in [-0.2, 0) is 11.2 Å². The first-order valence-electron chi connectivity index (χ1n) is 8.01. The van der Waals surface area contributed by atoms with Crippen LogP contribution in [0.4, 0.5) is 0 Å². The lowest BCUT2D eigenvalue weighted by molar-refractivity contribution is -0.115. The van der Waals surface area contributed by atoms with E-state index < -0.39 is 0 Å². The summed E-state index contributed by atoms with van der Waals surface area (Å²) >= 11 is 0. The Kier molecular flexibility index (Phi) is 17.1. The second-order valence-electron chi connectivity index (χ2n) is 6.00. The fourth-order valence-electron chi connectivity index (χ4n) is 1.66. The van der Waals surface area contributed by atoms with Gasteiger partial charge in [-0.3, -0.25) is 4.79 Å². The topological polar surface area (TPSA) is 20.3 Å². The molecule has 0 aliphatic carbocycles. The van der Waals surface area contributed by atoms with E-state index in [-0.39, 0.29) is 14.9 Å². The highest BCUT2D eigenvalue weighted by atomic mass is 16.1. The lowest BCUT2D eigenvalue weighted by Gasteiger charge is -2.01. The van der Waals surface area contributed by atoms with Gasteiger partial charge in [0.1, 0.15) is 0 Å². The van der Waals surface area contributed by atoms with E-state index >= 15 is 0 Å². The molecular formula is C23H39NO. The number of rotatable bonds is 2. The second kappa shape index (κ2) is 15.4. The number of nitrogens with zero attached hydrogens (tertiary/aromatic N) is 1. The maximum absolute atomic E-state index is 9.43. The lowest BCUT2D eigenvalue weighted by Crippen LogP contribution is -2.06. The van der Waals surface area contributed by atoms with Gasteiger partial charge in [0.25, 0.3) is 0 Å². The molecule has 0 aliphatic heterocycles. The summed E-state index contributed by atoms with van der Waals surface area (Å²) in [5.41, 5.74) is 6.88. The fourth-order valence-corrected chi connectivity index (χ4v) is 1.66. The quantitative estimate of drug-likeness (QED) is 0.598. The van der Waals surface area contributed by atoms with Crippen molar-refractivity contribution in [1.29, 1.82) is 0 Å². The van der Waals surface area contributed by atoms with Crippen molar-refractivity contribution in [3.63, 3.8) is 0 Å². The zero-order chi connectivity index (χ0) is 17.8. The minimum atomic E-state index is 0. The predicted octanol–water partition coefficient (Wildman–Crippen LogP) is 6.15. The molecule has 2 rings (SSSR count). The number of carbonyl (C=O) groups is 1. The summed E-state index contributed by atoms with van der Waals surface area (Å²) in [6, 6.07) is 15.1. The number of aryl methyl sites for hydroxylation is 5. The Balaban J connectivity index is -0.000000294. The third-order valence-corrected chi connectivity index (χ3v) is 3.41. The first-order valence-corrected chi connectivity index (χ1v) is 8.01. The molecule has 0 atom stereocenters. The van der Waals surface area contributed by atoms with Gasteiger partial charge in [-0.15, -0.1) is 0 Å². The number of hydrogen-bond acceptors (Lipinski definition) is 1. The Hall–Kier alpha value is -2.09. The predicted molar refractivity (Wildman–Crippen MR) is 114 cm³/mol. The van der Waals surface area contributed by atoms with Crippen LogP contribution in [0.1, 0.15) is 49.6 Å². The number of amides is 1. The van der Waals surface area contributed by atoms with E-state index in [1.807, 2.05) is 0 Å². The molecule has 0 N–H and O–H groups in total. The monoisotopic (exact) mass is 345 g/mol. The highest BCUT2D eigenvalue weighted by Crippen LogP contribution is 2.09. The summed E-state index contributed by atoms with van der Waals surface area (Å²) in [5.74, 6) is 0. The van der Waals surface area contributed by atoms with Gasteiger partial charge in [-0.2, -0.15) is 0 Å². The molecule has 0 spiro atoms. The average Bonchev–Trinajstić information content (AvgIpc) is 2.54.